The van der Waals surface area contributed by atoms with Gasteiger partial charge in [-0.15, -0.1) is 0 Å². The first kappa shape index (κ1) is 19.6. The number of imidazole rings is 1. The van der Waals surface area contributed by atoms with Crippen molar-refractivity contribution in [3.63, 3.8) is 0 Å². The number of amides is 1. The normalized spacial score (nSPS) is 15.7. The van der Waals surface area contributed by atoms with Crippen molar-refractivity contribution in [1.29, 1.82) is 0 Å². The van der Waals surface area contributed by atoms with Crippen LogP contribution in [-0.4, -0.2) is 25.6 Å². The van der Waals surface area contributed by atoms with Crippen LogP contribution in [0.1, 0.15) is 77.1 Å². The number of nitrogens with zero attached hydrogens (tertiary/aromatic N) is 4. The number of fused-ring (bicyclic) bond motifs is 1. The Morgan fingerprint density at radius 1 is 1.17 bits per heavy atom. The first-order valence-corrected chi connectivity index (χ1v) is 10.5. The lowest BCUT2D eigenvalue weighted by atomic mass is 9.95. The summed E-state index contributed by atoms with van der Waals surface area (Å²) >= 11 is 0. The van der Waals surface area contributed by atoms with Gasteiger partial charge in [0.15, 0.2) is 5.82 Å². The molecule has 1 aromatic carbocycles. The van der Waals surface area contributed by atoms with Gasteiger partial charge in [0.1, 0.15) is 0 Å². The maximum Gasteiger partial charge on any atom is 0.227 e. The van der Waals surface area contributed by atoms with Crippen LogP contribution in [0.15, 0.2) is 28.8 Å². The van der Waals surface area contributed by atoms with E-state index < -0.39 is 0 Å². The van der Waals surface area contributed by atoms with Crippen LogP contribution in [0, 0.1) is 0 Å². The maximum absolute atomic E-state index is 12.6. The molecule has 1 amide bonds. The highest BCUT2D eigenvalue weighted by molar-refractivity contribution is 5.91. The second-order valence-corrected chi connectivity index (χ2v) is 8.90. The summed E-state index contributed by atoms with van der Waals surface area (Å²) < 4.78 is 7.52. The van der Waals surface area contributed by atoms with Gasteiger partial charge in [-0.2, -0.15) is 4.98 Å². The van der Waals surface area contributed by atoms with Gasteiger partial charge in [-0.25, -0.2) is 4.98 Å². The van der Waals surface area contributed by atoms with E-state index in [9.17, 15) is 4.79 Å². The van der Waals surface area contributed by atoms with Gasteiger partial charge in [0.2, 0.25) is 17.7 Å². The molecule has 1 fully saturated rings. The van der Waals surface area contributed by atoms with E-state index in [1.165, 1.54) is 19.3 Å². The molecule has 0 aliphatic heterocycles. The number of hydrogen-bond acceptors (Lipinski definition) is 5. The molecular formula is C22H29N5O2. The van der Waals surface area contributed by atoms with E-state index in [4.69, 9.17) is 9.51 Å². The first-order chi connectivity index (χ1) is 13.9. The van der Waals surface area contributed by atoms with Crippen LogP contribution >= 0.6 is 0 Å². The van der Waals surface area contributed by atoms with Crippen LogP contribution in [-0.2, 0) is 16.6 Å². The molecule has 7 heteroatoms. The van der Waals surface area contributed by atoms with Gasteiger partial charge >= 0.3 is 0 Å². The third-order valence-corrected chi connectivity index (χ3v) is 5.49. The summed E-state index contributed by atoms with van der Waals surface area (Å²) in [5.41, 5.74) is 1.83. The van der Waals surface area contributed by atoms with Crippen molar-refractivity contribution >= 4 is 22.9 Å². The number of carbonyl (C=O) groups is 1. The summed E-state index contributed by atoms with van der Waals surface area (Å²) in [6.07, 6.45) is 6.67. The molecule has 0 spiro atoms. The number of hydrogen-bond donors (Lipinski definition) is 1. The van der Waals surface area contributed by atoms with Crippen molar-refractivity contribution in [3.8, 4) is 0 Å². The van der Waals surface area contributed by atoms with Crippen LogP contribution < -0.4 is 5.32 Å². The zero-order chi connectivity index (χ0) is 20.4. The molecule has 0 bridgehead atoms. The second-order valence-electron chi connectivity index (χ2n) is 8.90. The van der Waals surface area contributed by atoms with Crippen LogP contribution in [0.5, 0.6) is 0 Å². The van der Waals surface area contributed by atoms with Crippen molar-refractivity contribution in [2.24, 2.45) is 0 Å². The van der Waals surface area contributed by atoms with E-state index >= 15 is 0 Å². The van der Waals surface area contributed by atoms with E-state index in [2.05, 4.69) is 26.1 Å². The smallest absolute Gasteiger partial charge is 0.227 e. The van der Waals surface area contributed by atoms with Crippen molar-refractivity contribution < 1.29 is 9.32 Å². The van der Waals surface area contributed by atoms with Crippen LogP contribution in [0.4, 0.5) is 5.95 Å². The molecule has 1 saturated carbocycles. The average Bonchev–Trinajstić information content (AvgIpc) is 3.31. The Labute approximate surface area is 170 Å². The number of aryl methyl sites for hydroxylation is 1. The third-order valence-electron chi connectivity index (χ3n) is 5.49. The predicted octanol–water partition coefficient (Wildman–Crippen LogP) is 4.79. The van der Waals surface area contributed by atoms with Crippen molar-refractivity contribution in [2.45, 2.75) is 77.2 Å². The molecule has 3 aromatic rings. The highest BCUT2D eigenvalue weighted by atomic mass is 16.5. The molecular weight excluding hydrogens is 366 g/mol. The Kier molecular flexibility index (Phi) is 5.39. The van der Waals surface area contributed by atoms with Crippen molar-refractivity contribution in [2.75, 3.05) is 5.32 Å². The molecule has 1 N–H and O–H groups in total. The summed E-state index contributed by atoms with van der Waals surface area (Å²) in [4.78, 5) is 21.8. The zero-order valence-electron chi connectivity index (χ0n) is 17.4. The summed E-state index contributed by atoms with van der Waals surface area (Å²) in [7, 11) is 0. The summed E-state index contributed by atoms with van der Waals surface area (Å²) in [6.45, 7) is 6.10. The Hall–Kier alpha value is -2.70. The van der Waals surface area contributed by atoms with E-state index in [-0.39, 0.29) is 17.7 Å². The lowest BCUT2D eigenvalue weighted by Crippen LogP contribution is -2.20. The van der Waals surface area contributed by atoms with Crippen LogP contribution in [0.2, 0.25) is 0 Å². The van der Waals surface area contributed by atoms with Gasteiger partial charge in [0.05, 0.1) is 11.0 Å². The molecule has 29 heavy (non-hydrogen) atoms. The predicted molar refractivity (Wildman–Crippen MR) is 112 cm³/mol. The average molecular weight is 396 g/mol. The van der Waals surface area contributed by atoms with E-state index in [1.54, 1.807) is 0 Å². The minimum absolute atomic E-state index is 0.0899. The zero-order valence-corrected chi connectivity index (χ0v) is 17.4. The molecule has 0 unspecified atom stereocenters. The minimum atomic E-state index is -0.172. The Morgan fingerprint density at radius 3 is 2.66 bits per heavy atom. The number of benzene rings is 1. The molecule has 7 nitrogen and oxygen atoms in total. The van der Waals surface area contributed by atoms with Gasteiger partial charge in [-0.05, 0) is 25.0 Å². The van der Waals surface area contributed by atoms with E-state index in [0.717, 1.165) is 23.9 Å². The SMILES string of the molecule is CC(C)(C)c1noc(CCC(=O)Nc2nc3ccccc3n2C2CCCCC2)n1. The second kappa shape index (κ2) is 7.97. The van der Waals surface area contributed by atoms with Gasteiger partial charge in [-0.1, -0.05) is 57.3 Å². The van der Waals surface area contributed by atoms with Gasteiger partial charge in [0.25, 0.3) is 0 Å². The molecule has 2 aromatic heterocycles. The highest BCUT2D eigenvalue weighted by Gasteiger charge is 2.23. The topological polar surface area (TPSA) is 85.8 Å². The van der Waals surface area contributed by atoms with Gasteiger partial charge in [0, 0.05) is 24.3 Å². The summed E-state index contributed by atoms with van der Waals surface area (Å²) in [6, 6.07) is 8.47. The molecule has 154 valence electrons. The highest BCUT2D eigenvalue weighted by Crippen LogP contribution is 2.34. The van der Waals surface area contributed by atoms with Gasteiger partial charge in [-0.3, -0.25) is 10.1 Å². The number of nitrogens with one attached hydrogen (secondary N) is 1. The third kappa shape index (κ3) is 4.33. The molecule has 1 aliphatic rings. The molecule has 0 saturated heterocycles. The Balaban J connectivity index is 1.48. The van der Waals surface area contributed by atoms with Crippen molar-refractivity contribution in [1.82, 2.24) is 19.7 Å². The fraction of sp³-hybridized carbons (Fsp3) is 0.545. The van der Waals surface area contributed by atoms with Crippen LogP contribution in [0.25, 0.3) is 11.0 Å². The maximum atomic E-state index is 12.6. The fourth-order valence-electron chi connectivity index (χ4n) is 3.91. The van der Waals surface area contributed by atoms with Crippen molar-refractivity contribution in [3.05, 3.63) is 36.0 Å². The molecule has 0 radical (unpaired) electrons. The Bertz CT molecular complexity index is 992. The van der Waals surface area contributed by atoms with E-state index in [1.807, 2.05) is 39.0 Å². The molecule has 0 atom stereocenters. The molecule has 4 rings (SSSR count). The number of anilines is 1. The van der Waals surface area contributed by atoms with Gasteiger partial charge < -0.3 is 9.09 Å². The first-order valence-electron chi connectivity index (χ1n) is 10.5. The number of para-hydroxylation sites is 2. The number of rotatable bonds is 5. The van der Waals surface area contributed by atoms with Crippen LogP contribution in [0.3, 0.4) is 0 Å². The largest absolute Gasteiger partial charge is 0.339 e. The van der Waals surface area contributed by atoms with E-state index in [0.29, 0.717) is 30.1 Å². The lowest BCUT2D eigenvalue weighted by Gasteiger charge is -2.25. The number of carbonyl (C=O) groups excluding carboxylic acids is 1. The standard InChI is InChI=1S/C22H29N5O2/c1-22(2,3)20-25-19(29-26-20)14-13-18(28)24-21-23-16-11-7-8-12-17(16)27(21)15-9-5-4-6-10-15/h7-8,11-12,15H,4-6,9-10,13-14H2,1-3H3,(H,23,24,28). The Morgan fingerprint density at radius 2 is 1.93 bits per heavy atom. The molecule has 2 heterocycles. The number of aromatic nitrogens is 4. The quantitative estimate of drug-likeness (QED) is 0.671. The minimum Gasteiger partial charge on any atom is -0.339 e. The molecule has 1 aliphatic carbocycles. The summed E-state index contributed by atoms with van der Waals surface area (Å²) in [5, 5.41) is 7.05. The summed E-state index contributed by atoms with van der Waals surface area (Å²) in [5.74, 6) is 1.70. The monoisotopic (exact) mass is 395 g/mol. The fourth-order valence-corrected chi connectivity index (χ4v) is 3.91. The lowest BCUT2D eigenvalue weighted by molar-refractivity contribution is -0.116.